The molecule has 1 rings (SSSR count). The zero-order valence-electron chi connectivity index (χ0n) is 14.3. The summed E-state index contributed by atoms with van der Waals surface area (Å²) >= 11 is 0. The van der Waals surface area contributed by atoms with Gasteiger partial charge in [-0.15, -0.1) is 24.0 Å². The molecule has 7 heteroatoms. The van der Waals surface area contributed by atoms with Crippen molar-refractivity contribution in [3.05, 3.63) is 29.8 Å². The number of nitrogens with zero attached hydrogens (tertiary/aromatic N) is 1. The molecule has 0 fully saturated rings. The molecule has 0 saturated heterocycles. The molecule has 0 unspecified atom stereocenters. The van der Waals surface area contributed by atoms with Crippen molar-refractivity contribution in [2.75, 3.05) is 20.7 Å². The van der Waals surface area contributed by atoms with E-state index in [9.17, 15) is 4.79 Å². The van der Waals surface area contributed by atoms with Crippen molar-refractivity contribution >= 4 is 35.9 Å². The SMILES string of the molecule is CN=C(NCC(=O)OC(C)(C)C)NCc1ccc(OC)cc1.I. The summed E-state index contributed by atoms with van der Waals surface area (Å²) < 4.78 is 10.3. The maximum atomic E-state index is 11.6. The van der Waals surface area contributed by atoms with Gasteiger partial charge in [0.1, 0.15) is 17.9 Å². The van der Waals surface area contributed by atoms with Gasteiger partial charge in [-0.3, -0.25) is 9.79 Å². The van der Waals surface area contributed by atoms with Crippen LogP contribution in [0.2, 0.25) is 0 Å². The molecule has 0 aliphatic heterocycles. The van der Waals surface area contributed by atoms with Crippen LogP contribution in [-0.2, 0) is 16.1 Å². The Hall–Kier alpha value is -1.51. The number of methoxy groups -OCH3 is 1. The highest BCUT2D eigenvalue weighted by atomic mass is 127. The average Bonchev–Trinajstić information content (AvgIpc) is 2.46. The number of carbonyl (C=O) groups is 1. The number of benzene rings is 1. The van der Waals surface area contributed by atoms with Crippen LogP contribution >= 0.6 is 24.0 Å². The molecule has 0 radical (unpaired) electrons. The molecule has 0 aliphatic carbocycles. The summed E-state index contributed by atoms with van der Waals surface area (Å²) in [7, 11) is 3.29. The molecule has 0 atom stereocenters. The van der Waals surface area contributed by atoms with Crippen molar-refractivity contribution in [2.45, 2.75) is 32.9 Å². The number of aliphatic imine (C=N–C) groups is 1. The molecule has 1 aromatic carbocycles. The Morgan fingerprint density at radius 2 is 1.78 bits per heavy atom. The van der Waals surface area contributed by atoms with Crippen LogP contribution in [-0.4, -0.2) is 38.2 Å². The maximum Gasteiger partial charge on any atom is 0.325 e. The van der Waals surface area contributed by atoms with E-state index in [1.165, 1.54) is 0 Å². The molecule has 2 N–H and O–H groups in total. The Balaban J connectivity index is 0.00000484. The van der Waals surface area contributed by atoms with E-state index in [4.69, 9.17) is 9.47 Å². The number of nitrogens with one attached hydrogen (secondary N) is 2. The first-order valence-electron chi connectivity index (χ1n) is 7.13. The molecule has 0 aromatic heterocycles. The van der Waals surface area contributed by atoms with E-state index in [-0.39, 0.29) is 36.5 Å². The van der Waals surface area contributed by atoms with Crippen LogP contribution < -0.4 is 15.4 Å². The first kappa shape index (κ1) is 21.5. The molecule has 0 spiro atoms. The lowest BCUT2D eigenvalue weighted by molar-refractivity contribution is -0.153. The highest BCUT2D eigenvalue weighted by Crippen LogP contribution is 2.10. The Morgan fingerprint density at radius 1 is 1.17 bits per heavy atom. The number of esters is 1. The van der Waals surface area contributed by atoms with Gasteiger partial charge in [-0.2, -0.15) is 0 Å². The molecular weight excluding hydrogens is 409 g/mol. The minimum Gasteiger partial charge on any atom is -0.497 e. The predicted octanol–water partition coefficient (Wildman–Crippen LogP) is 2.32. The molecule has 6 nitrogen and oxygen atoms in total. The van der Waals surface area contributed by atoms with Crippen molar-refractivity contribution in [3.8, 4) is 5.75 Å². The number of guanidine groups is 1. The monoisotopic (exact) mass is 435 g/mol. The third-order valence-corrected chi connectivity index (χ3v) is 2.66. The van der Waals surface area contributed by atoms with Crippen molar-refractivity contribution in [1.82, 2.24) is 10.6 Å². The normalized spacial score (nSPS) is 11.3. The summed E-state index contributed by atoms with van der Waals surface area (Å²) in [5.41, 5.74) is 0.597. The molecular formula is C16H26IN3O3. The van der Waals surface area contributed by atoms with Crippen LogP contribution in [0.3, 0.4) is 0 Å². The second-order valence-electron chi connectivity index (χ2n) is 5.71. The highest BCUT2D eigenvalue weighted by molar-refractivity contribution is 14.0. The van der Waals surface area contributed by atoms with Crippen LogP contribution in [0.1, 0.15) is 26.3 Å². The van der Waals surface area contributed by atoms with Gasteiger partial charge in [0.05, 0.1) is 7.11 Å². The average molecular weight is 435 g/mol. The number of ether oxygens (including phenoxy) is 2. The molecule has 130 valence electrons. The van der Waals surface area contributed by atoms with Crippen molar-refractivity contribution in [3.63, 3.8) is 0 Å². The quantitative estimate of drug-likeness (QED) is 0.322. The van der Waals surface area contributed by atoms with Gasteiger partial charge < -0.3 is 20.1 Å². The number of rotatable bonds is 5. The number of halogens is 1. The van der Waals surface area contributed by atoms with E-state index in [1.54, 1.807) is 14.2 Å². The van der Waals surface area contributed by atoms with Crippen LogP contribution in [0, 0.1) is 0 Å². The predicted molar refractivity (Wildman–Crippen MR) is 102 cm³/mol. The zero-order valence-corrected chi connectivity index (χ0v) is 16.6. The van der Waals surface area contributed by atoms with Gasteiger partial charge in [0.15, 0.2) is 5.96 Å². The van der Waals surface area contributed by atoms with E-state index in [0.29, 0.717) is 12.5 Å². The fraction of sp³-hybridized carbons (Fsp3) is 0.500. The van der Waals surface area contributed by atoms with Crippen LogP contribution in [0.15, 0.2) is 29.3 Å². The fourth-order valence-corrected chi connectivity index (χ4v) is 1.68. The lowest BCUT2D eigenvalue weighted by Gasteiger charge is -2.20. The minimum atomic E-state index is -0.487. The van der Waals surface area contributed by atoms with E-state index in [0.717, 1.165) is 11.3 Å². The van der Waals surface area contributed by atoms with E-state index in [1.807, 2.05) is 45.0 Å². The van der Waals surface area contributed by atoms with Gasteiger partial charge in [0, 0.05) is 13.6 Å². The van der Waals surface area contributed by atoms with Gasteiger partial charge in [0.2, 0.25) is 0 Å². The first-order valence-corrected chi connectivity index (χ1v) is 7.13. The molecule has 0 amide bonds. The molecule has 23 heavy (non-hydrogen) atoms. The molecule has 0 saturated carbocycles. The summed E-state index contributed by atoms with van der Waals surface area (Å²) in [5.74, 6) is 1.04. The van der Waals surface area contributed by atoms with E-state index < -0.39 is 5.60 Å². The van der Waals surface area contributed by atoms with Gasteiger partial charge in [-0.05, 0) is 38.5 Å². The van der Waals surface area contributed by atoms with Crippen molar-refractivity contribution in [2.24, 2.45) is 4.99 Å². The molecule has 0 bridgehead atoms. The van der Waals surface area contributed by atoms with E-state index >= 15 is 0 Å². The lowest BCUT2D eigenvalue weighted by Crippen LogP contribution is -2.41. The first-order chi connectivity index (χ1) is 10.3. The smallest absolute Gasteiger partial charge is 0.325 e. The molecule has 0 heterocycles. The van der Waals surface area contributed by atoms with Gasteiger partial charge in [-0.25, -0.2) is 0 Å². The minimum absolute atomic E-state index is 0. The van der Waals surface area contributed by atoms with E-state index in [2.05, 4.69) is 15.6 Å². The Kier molecular flexibility index (Phi) is 9.62. The summed E-state index contributed by atoms with van der Waals surface area (Å²) in [6.45, 7) is 6.17. The largest absolute Gasteiger partial charge is 0.497 e. The van der Waals surface area contributed by atoms with Crippen molar-refractivity contribution in [1.29, 1.82) is 0 Å². The standard InChI is InChI=1S/C16H25N3O3.HI/c1-16(2,3)22-14(20)11-19-15(17-4)18-10-12-6-8-13(21-5)9-7-12;/h6-9H,10-11H2,1-5H3,(H2,17,18,19);1H. The second-order valence-corrected chi connectivity index (χ2v) is 5.71. The number of hydrogen-bond acceptors (Lipinski definition) is 4. The van der Waals surface area contributed by atoms with Crippen LogP contribution in [0.5, 0.6) is 5.75 Å². The third-order valence-electron chi connectivity index (χ3n) is 2.66. The van der Waals surface area contributed by atoms with Crippen molar-refractivity contribution < 1.29 is 14.3 Å². The molecule has 1 aromatic rings. The van der Waals surface area contributed by atoms with Gasteiger partial charge >= 0.3 is 5.97 Å². The number of hydrogen-bond donors (Lipinski definition) is 2. The summed E-state index contributed by atoms with van der Waals surface area (Å²) in [6, 6.07) is 7.72. The maximum absolute atomic E-state index is 11.6. The lowest BCUT2D eigenvalue weighted by atomic mass is 10.2. The Morgan fingerprint density at radius 3 is 2.26 bits per heavy atom. The number of carbonyl (C=O) groups excluding carboxylic acids is 1. The zero-order chi connectivity index (χ0) is 16.6. The topological polar surface area (TPSA) is 72.0 Å². The third kappa shape index (κ3) is 9.27. The van der Waals surface area contributed by atoms with Gasteiger partial charge in [0.25, 0.3) is 0 Å². The molecule has 0 aliphatic rings. The Labute approximate surface area is 155 Å². The van der Waals surface area contributed by atoms with Gasteiger partial charge in [-0.1, -0.05) is 12.1 Å². The van der Waals surface area contributed by atoms with Crippen LogP contribution in [0.4, 0.5) is 0 Å². The van der Waals surface area contributed by atoms with Crippen LogP contribution in [0.25, 0.3) is 0 Å². The summed E-state index contributed by atoms with van der Waals surface area (Å²) in [6.07, 6.45) is 0. The fourth-order valence-electron chi connectivity index (χ4n) is 1.68. The highest BCUT2D eigenvalue weighted by Gasteiger charge is 2.16. The summed E-state index contributed by atoms with van der Waals surface area (Å²) in [5, 5.41) is 6.06. The Bertz CT molecular complexity index is 510. The summed E-state index contributed by atoms with van der Waals surface area (Å²) in [4.78, 5) is 15.7. The second kappa shape index (κ2) is 10.3.